The Hall–Kier alpha value is -2.42. The highest BCUT2D eigenvalue weighted by atomic mass is 32.2. The van der Waals surface area contributed by atoms with Crippen LogP contribution in [-0.2, 0) is 21.2 Å². The van der Waals surface area contributed by atoms with E-state index in [-0.39, 0.29) is 16.4 Å². The summed E-state index contributed by atoms with van der Waals surface area (Å²) in [5.41, 5.74) is 0.542. The Morgan fingerprint density at radius 2 is 1.80 bits per heavy atom. The first-order valence-electron chi connectivity index (χ1n) is 9.85. The van der Waals surface area contributed by atoms with Crippen molar-refractivity contribution >= 4 is 15.9 Å². The molecule has 1 N–H and O–H groups in total. The van der Waals surface area contributed by atoms with E-state index in [1.807, 2.05) is 44.2 Å². The van der Waals surface area contributed by atoms with Crippen molar-refractivity contribution in [1.82, 2.24) is 9.62 Å². The van der Waals surface area contributed by atoms with Crippen molar-refractivity contribution in [3.63, 3.8) is 0 Å². The Balaban J connectivity index is 1.85. The summed E-state index contributed by atoms with van der Waals surface area (Å²) in [5.74, 6) is 0.0738. The van der Waals surface area contributed by atoms with Crippen molar-refractivity contribution in [1.29, 1.82) is 0 Å². The number of sulfonamides is 1. The number of benzene rings is 2. The van der Waals surface area contributed by atoms with Gasteiger partial charge >= 0.3 is 0 Å². The van der Waals surface area contributed by atoms with Crippen LogP contribution in [0.15, 0.2) is 53.4 Å². The molecule has 1 aliphatic rings. The molecule has 0 saturated carbocycles. The van der Waals surface area contributed by atoms with Crippen molar-refractivity contribution in [2.45, 2.75) is 30.7 Å². The summed E-state index contributed by atoms with van der Waals surface area (Å²) < 4.78 is 39.6. The van der Waals surface area contributed by atoms with Crippen molar-refractivity contribution < 1.29 is 22.7 Å². The van der Waals surface area contributed by atoms with E-state index >= 15 is 0 Å². The summed E-state index contributed by atoms with van der Waals surface area (Å²) in [7, 11) is -2.39. The molecule has 0 bridgehead atoms. The Kier molecular flexibility index (Phi) is 6.80. The SMILES string of the molecule is COc1ccc(S(=O)(=O)NC(C)(C)Cc2ccccc2)cc1C(=O)N1CCOCC1. The minimum absolute atomic E-state index is 0.0287. The third-order valence-corrected chi connectivity index (χ3v) is 6.61. The van der Waals surface area contributed by atoms with Crippen LogP contribution in [0.3, 0.4) is 0 Å². The predicted molar refractivity (Wildman–Crippen MR) is 114 cm³/mol. The summed E-state index contributed by atoms with van der Waals surface area (Å²) in [6.45, 7) is 5.51. The molecule has 0 unspecified atom stereocenters. The first-order valence-corrected chi connectivity index (χ1v) is 11.3. The summed E-state index contributed by atoms with van der Waals surface area (Å²) in [4.78, 5) is 14.6. The zero-order valence-electron chi connectivity index (χ0n) is 17.6. The lowest BCUT2D eigenvalue weighted by Gasteiger charge is -2.28. The average molecular weight is 433 g/mol. The topological polar surface area (TPSA) is 84.9 Å². The van der Waals surface area contributed by atoms with Crippen LogP contribution in [0.4, 0.5) is 0 Å². The highest BCUT2D eigenvalue weighted by Crippen LogP contribution is 2.26. The largest absolute Gasteiger partial charge is 0.496 e. The van der Waals surface area contributed by atoms with Gasteiger partial charge in [-0.05, 0) is 44.0 Å². The van der Waals surface area contributed by atoms with Crippen molar-refractivity contribution in [3.8, 4) is 5.75 Å². The number of carbonyl (C=O) groups is 1. The van der Waals surface area contributed by atoms with Crippen molar-refractivity contribution in [2.24, 2.45) is 0 Å². The van der Waals surface area contributed by atoms with Crippen LogP contribution in [0.5, 0.6) is 5.75 Å². The fourth-order valence-electron chi connectivity index (χ4n) is 3.52. The number of nitrogens with zero attached hydrogens (tertiary/aromatic N) is 1. The maximum absolute atomic E-state index is 13.1. The van der Waals surface area contributed by atoms with Crippen LogP contribution in [0.1, 0.15) is 29.8 Å². The van der Waals surface area contributed by atoms with E-state index < -0.39 is 15.6 Å². The molecule has 0 atom stereocenters. The Morgan fingerprint density at radius 1 is 1.13 bits per heavy atom. The molecule has 3 rings (SSSR count). The van der Waals surface area contributed by atoms with E-state index in [2.05, 4.69) is 4.72 Å². The zero-order valence-corrected chi connectivity index (χ0v) is 18.4. The zero-order chi connectivity index (χ0) is 21.8. The maximum atomic E-state index is 13.1. The number of carbonyl (C=O) groups excluding carboxylic acids is 1. The second-order valence-electron chi connectivity index (χ2n) is 7.92. The van der Waals surface area contributed by atoms with Crippen LogP contribution < -0.4 is 9.46 Å². The van der Waals surface area contributed by atoms with Gasteiger partial charge in [-0.1, -0.05) is 30.3 Å². The van der Waals surface area contributed by atoms with Crippen LogP contribution in [-0.4, -0.2) is 58.2 Å². The van der Waals surface area contributed by atoms with Gasteiger partial charge in [0.15, 0.2) is 0 Å². The third-order valence-electron chi connectivity index (χ3n) is 4.91. The normalized spacial score (nSPS) is 15.1. The predicted octanol–water partition coefficient (Wildman–Crippen LogP) is 2.47. The molecule has 1 saturated heterocycles. The number of hydrogen-bond donors (Lipinski definition) is 1. The van der Waals surface area contributed by atoms with E-state index in [1.54, 1.807) is 4.90 Å². The number of morpholine rings is 1. The smallest absolute Gasteiger partial charge is 0.257 e. The van der Waals surface area contributed by atoms with Crippen LogP contribution >= 0.6 is 0 Å². The summed E-state index contributed by atoms with van der Waals surface area (Å²) in [6, 6.07) is 14.1. The highest BCUT2D eigenvalue weighted by Gasteiger charge is 2.29. The first-order chi connectivity index (χ1) is 14.2. The Morgan fingerprint density at radius 3 is 2.43 bits per heavy atom. The van der Waals surface area contributed by atoms with Gasteiger partial charge in [-0.25, -0.2) is 13.1 Å². The third kappa shape index (κ3) is 5.38. The van der Waals surface area contributed by atoms with Crippen LogP contribution in [0, 0.1) is 0 Å². The minimum atomic E-state index is -3.85. The maximum Gasteiger partial charge on any atom is 0.257 e. The summed E-state index contributed by atoms with van der Waals surface area (Å²) in [6.07, 6.45) is 0.531. The van der Waals surface area contributed by atoms with E-state index in [4.69, 9.17) is 9.47 Å². The Labute approximate surface area is 178 Å². The van der Waals surface area contributed by atoms with E-state index in [9.17, 15) is 13.2 Å². The number of hydrogen-bond acceptors (Lipinski definition) is 5. The molecule has 2 aromatic carbocycles. The molecule has 0 radical (unpaired) electrons. The van der Waals surface area contributed by atoms with Crippen LogP contribution in [0.2, 0.25) is 0 Å². The molecule has 1 heterocycles. The number of rotatable bonds is 7. The van der Waals surface area contributed by atoms with Gasteiger partial charge in [0.25, 0.3) is 5.91 Å². The molecule has 30 heavy (non-hydrogen) atoms. The van der Waals surface area contributed by atoms with Gasteiger partial charge in [-0.3, -0.25) is 4.79 Å². The minimum Gasteiger partial charge on any atom is -0.496 e. The fraction of sp³-hybridized carbons (Fsp3) is 0.409. The van der Waals surface area contributed by atoms with Gasteiger partial charge in [-0.15, -0.1) is 0 Å². The quantitative estimate of drug-likeness (QED) is 0.727. The molecule has 162 valence electrons. The molecule has 1 amide bonds. The van der Waals surface area contributed by atoms with Gasteiger partial charge < -0.3 is 14.4 Å². The molecule has 8 heteroatoms. The standard InChI is InChI=1S/C22H28N2O5S/c1-22(2,16-17-7-5-4-6-8-17)23-30(26,27)18-9-10-20(28-3)19(15-18)21(25)24-11-13-29-14-12-24/h4-10,15,23H,11-14,16H2,1-3H3. The number of ether oxygens (including phenoxy) is 2. The molecular formula is C22H28N2O5S. The first kappa shape index (κ1) is 22.3. The fourth-order valence-corrected chi connectivity index (χ4v) is 4.96. The van der Waals surface area contributed by atoms with Crippen molar-refractivity contribution in [3.05, 3.63) is 59.7 Å². The number of nitrogens with one attached hydrogen (secondary N) is 1. The Bertz CT molecular complexity index is 984. The van der Waals surface area contributed by atoms with Gasteiger partial charge in [0.05, 0.1) is 30.8 Å². The lowest BCUT2D eigenvalue weighted by atomic mass is 9.96. The molecule has 2 aromatic rings. The molecule has 1 fully saturated rings. The second-order valence-corrected chi connectivity index (χ2v) is 9.60. The van der Waals surface area contributed by atoms with Gasteiger partial charge in [-0.2, -0.15) is 0 Å². The summed E-state index contributed by atoms with van der Waals surface area (Å²) in [5, 5.41) is 0. The molecule has 0 spiro atoms. The van der Waals surface area contributed by atoms with E-state index in [0.717, 1.165) is 5.56 Å². The lowest BCUT2D eigenvalue weighted by molar-refractivity contribution is 0.0300. The summed E-state index contributed by atoms with van der Waals surface area (Å²) >= 11 is 0. The molecular weight excluding hydrogens is 404 g/mol. The monoisotopic (exact) mass is 432 g/mol. The van der Waals surface area contributed by atoms with E-state index in [0.29, 0.717) is 38.5 Å². The average Bonchev–Trinajstić information content (AvgIpc) is 2.73. The second kappa shape index (κ2) is 9.16. The lowest BCUT2D eigenvalue weighted by Crippen LogP contribution is -2.45. The molecule has 1 aliphatic heterocycles. The molecule has 0 aromatic heterocycles. The number of amides is 1. The highest BCUT2D eigenvalue weighted by molar-refractivity contribution is 7.89. The van der Waals surface area contributed by atoms with Crippen LogP contribution in [0.25, 0.3) is 0 Å². The number of methoxy groups -OCH3 is 1. The van der Waals surface area contributed by atoms with Gasteiger partial charge in [0.1, 0.15) is 5.75 Å². The van der Waals surface area contributed by atoms with Crippen molar-refractivity contribution in [2.75, 3.05) is 33.4 Å². The van der Waals surface area contributed by atoms with Gasteiger partial charge in [0, 0.05) is 18.6 Å². The molecule has 7 nitrogen and oxygen atoms in total. The molecule has 0 aliphatic carbocycles. The van der Waals surface area contributed by atoms with E-state index in [1.165, 1.54) is 25.3 Å². The van der Waals surface area contributed by atoms with Gasteiger partial charge in [0.2, 0.25) is 10.0 Å².